The first-order chi connectivity index (χ1) is 9.51. The van der Waals surface area contributed by atoms with Crippen LogP contribution in [0.1, 0.15) is 49.8 Å². The van der Waals surface area contributed by atoms with Crippen LogP contribution in [0, 0.1) is 12.8 Å². The van der Waals surface area contributed by atoms with E-state index in [2.05, 4.69) is 69.5 Å². The van der Waals surface area contributed by atoms with Gasteiger partial charge in [-0.3, -0.25) is 0 Å². The Labute approximate surface area is 124 Å². The van der Waals surface area contributed by atoms with Gasteiger partial charge in [0.2, 0.25) is 0 Å². The van der Waals surface area contributed by atoms with Crippen LogP contribution < -0.4 is 5.32 Å². The van der Waals surface area contributed by atoms with Crippen molar-refractivity contribution in [2.45, 2.75) is 51.1 Å². The fourth-order valence-corrected chi connectivity index (χ4v) is 3.88. The number of hydrogen-bond acceptors (Lipinski definition) is 2. The maximum Gasteiger partial charge on any atom is 0.0507 e. The van der Waals surface area contributed by atoms with E-state index in [9.17, 15) is 0 Å². The van der Waals surface area contributed by atoms with Gasteiger partial charge in [-0.25, -0.2) is 0 Å². The minimum Gasteiger partial charge on any atom is -0.311 e. The zero-order valence-electron chi connectivity index (χ0n) is 13.7. The smallest absolute Gasteiger partial charge is 0.0507 e. The van der Waals surface area contributed by atoms with Crippen molar-refractivity contribution in [1.82, 2.24) is 10.2 Å². The summed E-state index contributed by atoms with van der Waals surface area (Å²) in [5, 5.41) is 3.62. The summed E-state index contributed by atoms with van der Waals surface area (Å²) < 4.78 is 0. The molecule has 2 heteroatoms. The highest BCUT2D eigenvalue weighted by Crippen LogP contribution is 2.44. The zero-order valence-corrected chi connectivity index (χ0v) is 13.7. The van der Waals surface area contributed by atoms with Crippen molar-refractivity contribution in [3.63, 3.8) is 0 Å². The van der Waals surface area contributed by atoms with E-state index in [1.165, 1.54) is 36.8 Å². The molecule has 0 spiro atoms. The van der Waals surface area contributed by atoms with Gasteiger partial charge in [-0.15, -0.1) is 0 Å². The molecule has 0 radical (unpaired) electrons. The molecule has 0 bridgehead atoms. The average molecular weight is 274 g/mol. The molecular weight excluding hydrogens is 244 g/mol. The number of likely N-dealkylation sites (N-methyl/N-ethyl adjacent to an activating group) is 2. The molecule has 1 fully saturated rings. The van der Waals surface area contributed by atoms with Crippen molar-refractivity contribution in [2.24, 2.45) is 5.92 Å². The van der Waals surface area contributed by atoms with Gasteiger partial charge < -0.3 is 10.2 Å². The van der Waals surface area contributed by atoms with Crippen molar-refractivity contribution in [3.8, 4) is 0 Å². The SMILES string of the molecule is CNC(c1ccccc1C)C1(N(C)C)CCC(C)CC1. The summed E-state index contributed by atoms with van der Waals surface area (Å²) in [6.07, 6.45) is 5.23. The molecular formula is C18H30N2. The van der Waals surface area contributed by atoms with Crippen LogP contribution in [0.2, 0.25) is 0 Å². The van der Waals surface area contributed by atoms with Crippen molar-refractivity contribution < 1.29 is 0 Å². The number of rotatable bonds is 4. The number of aryl methyl sites for hydroxylation is 1. The predicted octanol–water partition coefficient (Wildman–Crippen LogP) is 3.77. The van der Waals surface area contributed by atoms with E-state index in [0.717, 1.165) is 5.92 Å². The number of nitrogens with one attached hydrogen (secondary N) is 1. The lowest BCUT2D eigenvalue weighted by atomic mass is 9.70. The highest BCUT2D eigenvalue weighted by atomic mass is 15.2. The third-order valence-corrected chi connectivity index (χ3v) is 5.36. The first-order valence-corrected chi connectivity index (χ1v) is 7.91. The lowest BCUT2D eigenvalue weighted by molar-refractivity contribution is 0.0453. The Morgan fingerprint density at radius 2 is 1.80 bits per heavy atom. The first-order valence-electron chi connectivity index (χ1n) is 7.91. The van der Waals surface area contributed by atoms with E-state index in [-0.39, 0.29) is 5.54 Å². The molecule has 0 amide bonds. The van der Waals surface area contributed by atoms with Crippen LogP contribution in [0.4, 0.5) is 0 Å². The summed E-state index contributed by atoms with van der Waals surface area (Å²) in [6.45, 7) is 4.62. The molecule has 1 atom stereocenters. The molecule has 1 aromatic rings. The minimum absolute atomic E-state index is 0.243. The standard InChI is InChI=1S/C18H30N2/c1-14-10-12-18(13-11-14,20(4)5)17(19-3)16-9-7-6-8-15(16)2/h6-9,14,17,19H,10-13H2,1-5H3. The van der Waals surface area contributed by atoms with E-state index in [4.69, 9.17) is 0 Å². The lowest BCUT2D eigenvalue weighted by Crippen LogP contribution is -2.55. The highest BCUT2D eigenvalue weighted by molar-refractivity contribution is 5.32. The number of hydrogen-bond donors (Lipinski definition) is 1. The Bertz CT molecular complexity index is 431. The lowest BCUT2D eigenvalue weighted by Gasteiger charge is -2.50. The molecule has 1 N–H and O–H groups in total. The van der Waals surface area contributed by atoms with Gasteiger partial charge in [0.25, 0.3) is 0 Å². The van der Waals surface area contributed by atoms with E-state index < -0.39 is 0 Å². The van der Waals surface area contributed by atoms with E-state index in [0.29, 0.717) is 6.04 Å². The Morgan fingerprint density at radius 1 is 1.20 bits per heavy atom. The Morgan fingerprint density at radius 3 is 2.30 bits per heavy atom. The first kappa shape index (κ1) is 15.5. The quantitative estimate of drug-likeness (QED) is 0.899. The summed E-state index contributed by atoms with van der Waals surface area (Å²) in [7, 11) is 6.61. The zero-order chi connectivity index (χ0) is 14.8. The number of benzene rings is 1. The summed E-state index contributed by atoms with van der Waals surface area (Å²) in [6, 6.07) is 9.23. The van der Waals surface area contributed by atoms with Crippen LogP contribution in [-0.4, -0.2) is 31.6 Å². The van der Waals surface area contributed by atoms with Gasteiger partial charge in [0.15, 0.2) is 0 Å². The second-order valence-corrected chi connectivity index (χ2v) is 6.76. The third kappa shape index (κ3) is 2.77. The Kier molecular flexibility index (Phi) is 4.87. The molecule has 1 unspecified atom stereocenters. The van der Waals surface area contributed by atoms with Crippen molar-refractivity contribution >= 4 is 0 Å². The monoisotopic (exact) mass is 274 g/mol. The van der Waals surface area contributed by atoms with Crippen LogP contribution in [0.25, 0.3) is 0 Å². The molecule has 0 saturated heterocycles. The molecule has 0 aromatic heterocycles. The summed E-state index contributed by atoms with van der Waals surface area (Å²) >= 11 is 0. The second kappa shape index (κ2) is 6.28. The molecule has 1 saturated carbocycles. The maximum atomic E-state index is 3.62. The molecule has 2 nitrogen and oxygen atoms in total. The molecule has 1 aliphatic carbocycles. The fourth-order valence-electron chi connectivity index (χ4n) is 3.88. The number of nitrogens with zero attached hydrogens (tertiary/aromatic N) is 1. The molecule has 112 valence electrons. The van der Waals surface area contributed by atoms with Crippen molar-refractivity contribution in [3.05, 3.63) is 35.4 Å². The third-order valence-electron chi connectivity index (χ3n) is 5.36. The van der Waals surface area contributed by atoms with E-state index >= 15 is 0 Å². The van der Waals surface area contributed by atoms with Gasteiger partial charge in [-0.1, -0.05) is 31.2 Å². The van der Waals surface area contributed by atoms with Gasteiger partial charge in [-0.2, -0.15) is 0 Å². The van der Waals surface area contributed by atoms with Crippen LogP contribution in [0.15, 0.2) is 24.3 Å². The molecule has 20 heavy (non-hydrogen) atoms. The van der Waals surface area contributed by atoms with Crippen LogP contribution >= 0.6 is 0 Å². The second-order valence-electron chi connectivity index (χ2n) is 6.76. The van der Waals surface area contributed by atoms with Gasteiger partial charge in [0.05, 0.1) is 6.04 Å². The summed E-state index contributed by atoms with van der Waals surface area (Å²) in [5.41, 5.74) is 3.10. The topological polar surface area (TPSA) is 15.3 Å². The highest BCUT2D eigenvalue weighted by Gasteiger charge is 2.43. The van der Waals surface area contributed by atoms with Crippen LogP contribution in [0.5, 0.6) is 0 Å². The molecule has 1 aromatic carbocycles. The molecule has 1 aliphatic rings. The molecule has 2 rings (SSSR count). The summed E-state index contributed by atoms with van der Waals surface area (Å²) in [4.78, 5) is 2.46. The van der Waals surface area contributed by atoms with Gasteiger partial charge in [0, 0.05) is 5.54 Å². The fraction of sp³-hybridized carbons (Fsp3) is 0.667. The van der Waals surface area contributed by atoms with E-state index in [1.807, 2.05) is 0 Å². The molecule has 0 heterocycles. The van der Waals surface area contributed by atoms with Crippen LogP contribution in [0.3, 0.4) is 0 Å². The molecule has 0 aliphatic heterocycles. The summed E-state index contributed by atoms with van der Waals surface area (Å²) in [5.74, 6) is 0.873. The Hall–Kier alpha value is -0.860. The predicted molar refractivity (Wildman–Crippen MR) is 87.0 cm³/mol. The van der Waals surface area contributed by atoms with Crippen molar-refractivity contribution in [1.29, 1.82) is 0 Å². The van der Waals surface area contributed by atoms with Gasteiger partial charge in [-0.05, 0) is 70.8 Å². The Balaban J connectivity index is 2.38. The van der Waals surface area contributed by atoms with Crippen LogP contribution in [-0.2, 0) is 0 Å². The van der Waals surface area contributed by atoms with Crippen molar-refractivity contribution in [2.75, 3.05) is 21.1 Å². The minimum atomic E-state index is 0.243. The van der Waals surface area contributed by atoms with Gasteiger partial charge in [0.1, 0.15) is 0 Å². The normalized spacial score (nSPS) is 28.6. The average Bonchev–Trinajstić information content (AvgIpc) is 2.43. The van der Waals surface area contributed by atoms with Gasteiger partial charge >= 0.3 is 0 Å². The maximum absolute atomic E-state index is 3.62. The largest absolute Gasteiger partial charge is 0.311 e. The van der Waals surface area contributed by atoms with E-state index in [1.54, 1.807) is 0 Å².